The normalized spacial score (nSPS) is 19.7. The Hall–Kier alpha value is -3.16. The van der Waals surface area contributed by atoms with Gasteiger partial charge >= 0.3 is 5.97 Å². The van der Waals surface area contributed by atoms with E-state index in [0.717, 1.165) is 96.3 Å². The molecular formula is C65H113NO10. The monoisotopic (exact) mass is 1070 g/mol. The molecule has 0 aromatic heterocycles. The third-order valence-corrected chi connectivity index (χ3v) is 14.1. The summed E-state index contributed by atoms with van der Waals surface area (Å²) >= 11 is 0. The number of unbranched alkanes of at least 4 members (excludes halogenated alkanes) is 25. The predicted octanol–water partition coefficient (Wildman–Crippen LogP) is 14.6. The fraction of sp³-hybridized carbons (Fsp3) is 0.754. The van der Waals surface area contributed by atoms with Gasteiger partial charge in [-0.1, -0.05) is 254 Å². The Labute approximate surface area is 463 Å². The summed E-state index contributed by atoms with van der Waals surface area (Å²) in [5.74, 6) is -1.22. The number of rotatable bonds is 51. The summed E-state index contributed by atoms with van der Waals surface area (Å²) in [6.45, 7) is 5.65. The highest BCUT2D eigenvalue weighted by Crippen LogP contribution is 2.26. The zero-order chi connectivity index (χ0) is 55.4. The lowest BCUT2D eigenvalue weighted by atomic mass is 9.99. The van der Waals surface area contributed by atoms with Crippen LogP contribution in [0.5, 0.6) is 0 Å². The minimum atomic E-state index is -1.62. The van der Waals surface area contributed by atoms with E-state index in [1.165, 1.54) is 109 Å². The van der Waals surface area contributed by atoms with Gasteiger partial charge in [0.05, 0.1) is 25.4 Å². The van der Waals surface area contributed by atoms with Crippen LogP contribution in [0.15, 0.2) is 85.1 Å². The molecule has 0 aromatic carbocycles. The molecule has 6 N–H and O–H groups in total. The summed E-state index contributed by atoms with van der Waals surface area (Å²) in [6, 6.07) is -1.04. The zero-order valence-electron chi connectivity index (χ0n) is 48.3. The van der Waals surface area contributed by atoms with Crippen LogP contribution < -0.4 is 5.32 Å². The molecule has 1 rings (SSSR count). The van der Waals surface area contributed by atoms with Crippen molar-refractivity contribution < 1.29 is 49.3 Å². The van der Waals surface area contributed by atoms with Crippen LogP contribution in [0.3, 0.4) is 0 Å². The summed E-state index contributed by atoms with van der Waals surface area (Å²) in [5, 5.41) is 56.9. The average molecular weight is 1070 g/mol. The Kier molecular flexibility index (Phi) is 49.0. The SMILES string of the molecule is CC/C=C\C/C=C\C/C=C\C/C=C\C/C=C\C/C=C\CCCCCC(O)C(=O)NC(COC1OC(CO)C(O)C(O)C1OC(=O)CCCCCCCCCCCCCCC)C(O)/C=C/CCCCCCCCCCCC. The summed E-state index contributed by atoms with van der Waals surface area (Å²) in [4.78, 5) is 26.5. The Morgan fingerprint density at radius 2 is 0.947 bits per heavy atom. The van der Waals surface area contributed by atoms with Gasteiger partial charge in [0.25, 0.3) is 0 Å². The van der Waals surface area contributed by atoms with Crippen molar-refractivity contribution in [3.63, 3.8) is 0 Å². The van der Waals surface area contributed by atoms with Crippen molar-refractivity contribution >= 4 is 11.9 Å². The second-order valence-corrected chi connectivity index (χ2v) is 21.1. The number of aliphatic hydroxyl groups excluding tert-OH is 5. The highest BCUT2D eigenvalue weighted by atomic mass is 16.7. The van der Waals surface area contributed by atoms with Gasteiger partial charge < -0.3 is 45.1 Å². The molecule has 0 spiro atoms. The largest absolute Gasteiger partial charge is 0.454 e. The van der Waals surface area contributed by atoms with Crippen LogP contribution in [-0.4, -0.2) is 99.6 Å². The Morgan fingerprint density at radius 1 is 0.526 bits per heavy atom. The van der Waals surface area contributed by atoms with E-state index in [9.17, 15) is 35.1 Å². The quantitative estimate of drug-likeness (QED) is 0.0195. The number of nitrogens with one attached hydrogen (secondary N) is 1. The first-order valence-corrected chi connectivity index (χ1v) is 30.9. The molecule has 76 heavy (non-hydrogen) atoms. The summed E-state index contributed by atoms with van der Waals surface area (Å²) < 4.78 is 17.6. The second-order valence-electron chi connectivity index (χ2n) is 21.1. The number of ether oxygens (including phenoxy) is 3. The molecular weight excluding hydrogens is 955 g/mol. The number of carbonyl (C=O) groups is 2. The van der Waals surface area contributed by atoms with Crippen molar-refractivity contribution in [2.45, 2.75) is 301 Å². The Balaban J connectivity index is 2.70. The Morgan fingerprint density at radius 3 is 1.42 bits per heavy atom. The predicted molar refractivity (Wildman–Crippen MR) is 315 cm³/mol. The van der Waals surface area contributed by atoms with Gasteiger partial charge in [-0.15, -0.1) is 0 Å². The van der Waals surface area contributed by atoms with E-state index in [4.69, 9.17) is 14.2 Å². The van der Waals surface area contributed by atoms with E-state index in [2.05, 4.69) is 99.0 Å². The minimum Gasteiger partial charge on any atom is -0.454 e. The van der Waals surface area contributed by atoms with E-state index in [0.29, 0.717) is 12.8 Å². The molecule has 0 radical (unpaired) electrons. The van der Waals surface area contributed by atoms with Gasteiger partial charge in [0.1, 0.15) is 24.4 Å². The van der Waals surface area contributed by atoms with Gasteiger partial charge in [0, 0.05) is 6.42 Å². The summed E-state index contributed by atoms with van der Waals surface area (Å²) in [7, 11) is 0. The lowest BCUT2D eigenvalue weighted by Crippen LogP contribution is -2.61. The maximum Gasteiger partial charge on any atom is 0.306 e. The first kappa shape index (κ1) is 70.9. The number of hydrogen-bond donors (Lipinski definition) is 6. The van der Waals surface area contributed by atoms with E-state index in [1.807, 2.05) is 6.08 Å². The molecule has 0 bridgehead atoms. The molecule has 0 saturated carbocycles. The fourth-order valence-corrected chi connectivity index (χ4v) is 9.18. The molecule has 8 atom stereocenters. The van der Waals surface area contributed by atoms with Crippen molar-refractivity contribution in [1.29, 1.82) is 0 Å². The lowest BCUT2D eigenvalue weighted by Gasteiger charge is -2.41. The highest BCUT2D eigenvalue weighted by molar-refractivity contribution is 5.80. The van der Waals surface area contributed by atoms with E-state index >= 15 is 0 Å². The van der Waals surface area contributed by atoms with Crippen LogP contribution in [-0.2, 0) is 23.8 Å². The average Bonchev–Trinajstić information content (AvgIpc) is 3.42. The van der Waals surface area contributed by atoms with Crippen molar-refractivity contribution in [2.75, 3.05) is 13.2 Å². The number of amides is 1. The molecule has 1 aliphatic heterocycles. The first-order valence-electron chi connectivity index (χ1n) is 30.9. The lowest BCUT2D eigenvalue weighted by molar-refractivity contribution is -0.305. The molecule has 0 aromatic rings. The molecule has 1 heterocycles. The van der Waals surface area contributed by atoms with Crippen LogP contribution in [0.2, 0.25) is 0 Å². The maximum atomic E-state index is 13.4. The molecule has 0 aliphatic carbocycles. The topological polar surface area (TPSA) is 175 Å². The second kappa shape index (κ2) is 52.5. The summed E-state index contributed by atoms with van der Waals surface area (Å²) in [5.41, 5.74) is 0. The number of esters is 1. The minimum absolute atomic E-state index is 0.120. The molecule has 11 heteroatoms. The third-order valence-electron chi connectivity index (χ3n) is 14.1. The third kappa shape index (κ3) is 40.1. The van der Waals surface area contributed by atoms with Crippen LogP contribution in [0.25, 0.3) is 0 Å². The van der Waals surface area contributed by atoms with Crippen molar-refractivity contribution in [3.8, 4) is 0 Å². The number of aliphatic hydroxyl groups is 5. The highest BCUT2D eigenvalue weighted by Gasteiger charge is 2.47. The van der Waals surface area contributed by atoms with Gasteiger partial charge in [-0.3, -0.25) is 9.59 Å². The van der Waals surface area contributed by atoms with Crippen LogP contribution in [0.1, 0.15) is 252 Å². The molecule has 8 unspecified atom stereocenters. The van der Waals surface area contributed by atoms with Gasteiger partial charge in [-0.25, -0.2) is 0 Å². The van der Waals surface area contributed by atoms with Crippen molar-refractivity contribution in [1.82, 2.24) is 5.32 Å². The number of allylic oxidation sites excluding steroid dienone is 13. The van der Waals surface area contributed by atoms with Gasteiger partial charge in [-0.05, 0) is 77.0 Å². The first-order chi connectivity index (χ1) is 37.2. The van der Waals surface area contributed by atoms with Crippen LogP contribution in [0.4, 0.5) is 0 Å². The molecule has 1 aliphatic rings. The molecule has 1 fully saturated rings. The maximum absolute atomic E-state index is 13.4. The van der Waals surface area contributed by atoms with Crippen LogP contribution in [0, 0.1) is 0 Å². The van der Waals surface area contributed by atoms with Gasteiger partial charge in [0.15, 0.2) is 12.4 Å². The van der Waals surface area contributed by atoms with Crippen LogP contribution >= 0.6 is 0 Å². The smallest absolute Gasteiger partial charge is 0.306 e. The Bertz CT molecular complexity index is 1560. The summed E-state index contributed by atoms with van der Waals surface area (Å²) in [6.07, 6.45) is 57.6. The standard InChI is InChI=1S/C65H113NO10/c1-4-7-10-13-16-19-22-25-26-27-28-29-30-31-32-33-35-37-40-43-46-49-52-58(69)64(73)66-56(57(68)51-48-45-42-39-36-24-21-18-15-12-9-6-3)55-74-65-63(62(72)61(71)59(54-67)75-65)76-60(70)53-50-47-44-41-38-34-23-20-17-14-11-8-5-2/h7,10,16,19,25-26,28-29,31-32,35,37,48,51,56-59,61-63,65,67-69,71-72H,4-6,8-9,11-15,17-18,20-24,27,30,33-34,36,38-47,49-50,52-55H2,1-3H3,(H,66,73)/b10-7-,19-16-,26-25-,29-28-,32-31-,37-35-,51-48+. The van der Waals surface area contributed by atoms with Crippen molar-refractivity contribution in [2.24, 2.45) is 0 Å². The molecule has 11 nitrogen and oxygen atoms in total. The van der Waals surface area contributed by atoms with Gasteiger partial charge in [-0.2, -0.15) is 0 Å². The zero-order valence-corrected chi connectivity index (χ0v) is 48.3. The number of carbonyl (C=O) groups excluding carboxylic acids is 2. The van der Waals surface area contributed by atoms with E-state index in [-0.39, 0.29) is 19.4 Å². The molecule has 1 amide bonds. The number of hydrogen-bond acceptors (Lipinski definition) is 10. The van der Waals surface area contributed by atoms with Gasteiger partial charge in [0.2, 0.25) is 5.91 Å². The molecule has 438 valence electrons. The van der Waals surface area contributed by atoms with E-state index < -0.39 is 67.4 Å². The fourth-order valence-electron chi connectivity index (χ4n) is 9.18. The van der Waals surface area contributed by atoms with E-state index in [1.54, 1.807) is 6.08 Å². The molecule has 1 saturated heterocycles. The van der Waals surface area contributed by atoms with Crippen molar-refractivity contribution in [3.05, 3.63) is 85.1 Å².